The van der Waals surface area contributed by atoms with E-state index in [4.69, 9.17) is 14.6 Å². The van der Waals surface area contributed by atoms with Crippen LogP contribution < -0.4 is 14.4 Å². The van der Waals surface area contributed by atoms with Gasteiger partial charge in [0.15, 0.2) is 0 Å². The number of anilines is 1. The van der Waals surface area contributed by atoms with Gasteiger partial charge in [0.2, 0.25) is 0 Å². The molecule has 3 rings (SSSR count). The second kappa shape index (κ2) is 8.99. The molecule has 1 N–H and O–H groups in total. The minimum absolute atomic E-state index is 0.207. The van der Waals surface area contributed by atoms with Crippen LogP contribution in [0, 0.1) is 5.92 Å². The van der Waals surface area contributed by atoms with Gasteiger partial charge < -0.3 is 19.5 Å². The molecule has 30 heavy (non-hydrogen) atoms. The number of hydrogen-bond donors (Lipinski definition) is 1. The van der Waals surface area contributed by atoms with Crippen molar-refractivity contribution in [1.82, 2.24) is 0 Å². The highest BCUT2D eigenvalue weighted by atomic mass is 16.5. The second-order valence-electron chi connectivity index (χ2n) is 8.68. The van der Waals surface area contributed by atoms with Gasteiger partial charge in [-0.15, -0.1) is 0 Å². The SMILES string of the molecule is CCN(CC)c1cc(COc2ccc(CC(C)C(=O)O)cc2)c2c(c1)CC(C)(C)O2. The standard InChI is InChI=1S/C25H33NO4/c1-6-26(7-2)21-13-19-15-25(4,5)30-23(19)20(14-21)16-29-22-10-8-18(9-11-22)12-17(3)24(27)28/h8-11,13-14,17H,6-7,12,15-16H2,1-5H3,(H,27,28). The van der Waals surface area contributed by atoms with Crippen LogP contribution >= 0.6 is 0 Å². The summed E-state index contributed by atoms with van der Waals surface area (Å²) in [7, 11) is 0. The molecule has 0 bridgehead atoms. The Balaban J connectivity index is 1.77. The number of carboxylic acids is 1. The normalized spacial score (nSPS) is 15.2. The fourth-order valence-corrected chi connectivity index (χ4v) is 3.97. The Bertz CT molecular complexity index is 885. The molecule has 162 valence electrons. The molecule has 0 aromatic heterocycles. The van der Waals surface area contributed by atoms with Crippen LogP contribution in [-0.4, -0.2) is 29.8 Å². The van der Waals surface area contributed by atoms with Crippen molar-refractivity contribution in [3.63, 3.8) is 0 Å². The maximum atomic E-state index is 11.0. The number of benzene rings is 2. The highest BCUT2D eigenvalue weighted by Crippen LogP contribution is 2.41. The third-order valence-corrected chi connectivity index (χ3v) is 5.63. The molecule has 0 aliphatic carbocycles. The van der Waals surface area contributed by atoms with E-state index in [1.807, 2.05) is 24.3 Å². The first-order valence-corrected chi connectivity index (χ1v) is 10.8. The van der Waals surface area contributed by atoms with Gasteiger partial charge in [-0.1, -0.05) is 19.1 Å². The second-order valence-corrected chi connectivity index (χ2v) is 8.68. The van der Waals surface area contributed by atoms with Gasteiger partial charge in [-0.05, 0) is 63.9 Å². The first-order chi connectivity index (χ1) is 14.2. The molecule has 1 heterocycles. The summed E-state index contributed by atoms with van der Waals surface area (Å²) in [5.74, 6) is 0.534. The molecule has 0 saturated heterocycles. The summed E-state index contributed by atoms with van der Waals surface area (Å²) < 4.78 is 12.3. The maximum absolute atomic E-state index is 11.0. The Morgan fingerprint density at radius 2 is 1.87 bits per heavy atom. The molecule has 1 atom stereocenters. The van der Waals surface area contributed by atoms with Crippen LogP contribution in [-0.2, 0) is 24.2 Å². The van der Waals surface area contributed by atoms with Crippen molar-refractivity contribution in [2.45, 2.75) is 59.7 Å². The predicted octanol–water partition coefficient (Wildman–Crippen LogP) is 5.09. The number of nitrogens with zero attached hydrogens (tertiary/aromatic N) is 1. The molecule has 2 aromatic rings. The lowest BCUT2D eigenvalue weighted by atomic mass is 9.99. The third-order valence-electron chi connectivity index (χ3n) is 5.63. The third kappa shape index (κ3) is 5.07. The van der Waals surface area contributed by atoms with Crippen LogP contribution in [0.4, 0.5) is 5.69 Å². The minimum Gasteiger partial charge on any atom is -0.489 e. The number of carboxylic acid groups (broad SMARTS) is 1. The highest BCUT2D eigenvalue weighted by molar-refractivity contribution is 5.69. The smallest absolute Gasteiger partial charge is 0.306 e. The molecule has 5 heteroatoms. The van der Waals surface area contributed by atoms with E-state index in [-0.39, 0.29) is 5.60 Å². The molecule has 0 radical (unpaired) electrons. The monoisotopic (exact) mass is 411 g/mol. The molecule has 1 aliphatic heterocycles. The summed E-state index contributed by atoms with van der Waals surface area (Å²) in [5.41, 5.74) is 4.29. The number of rotatable bonds is 9. The molecule has 0 saturated carbocycles. The van der Waals surface area contributed by atoms with Crippen LogP contribution in [0.3, 0.4) is 0 Å². The van der Waals surface area contributed by atoms with Gasteiger partial charge in [-0.3, -0.25) is 4.79 Å². The Morgan fingerprint density at radius 1 is 1.20 bits per heavy atom. The maximum Gasteiger partial charge on any atom is 0.306 e. The zero-order valence-corrected chi connectivity index (χ0v) is 18.7. The zero-order chi connectivity index (χ0) is 21.9. The lowest BCUT2D eigenvalue weighted by molar-refractivity contribution is -0.141. The van der Waals surface area contributed by atoms with Crippen LogP contribution in [0.15, 0.2) is 36.4 Å². The van der Waals surface area contributed by atoms with Gasteiger partial charge in [0, 0.05) is 36.3 Å². The van der Waals surface area contributed by atoms with Crippen LogP contribution in [0.5, 0.6) is 11.5 Å². The first-order valence-electron chi connectivity index (χ1n) is 10.8. The Kier molecular flexibility index (Phi) is 6.59. The Labute approximate surface area is 179 Å². The molecule has 2 aromatic carbocycles. The summed E-state index contributed by atoms with van der Waals surface area (Å²) >= 11 is 0. The van der Waals surface area contributed by atoms with E-state index in [9.17, 15) is 4.79 Å². The lowest BCUT2D eigenvalue weighted by Gasteiger charge is -2.23. The van der Waals surface area contributed by atoms with Crippen molar-refractivity contribution >= 4 is 11.7 Å². The van der Waals surface area contributed by atoms with Gasteiger partial charge >= 0.3 is 5.97 Å². The van der Waals surface area contributed by atoms with E-state index < -0.39 is 11.9 Å². The summed E-state index contributed by atoms with van der Waals surface area (Å²) in [6.07, 6.45) is 1.40. The average molecular weight is 412 g/mol. The number of fused-ring (bicyclic) bond motifs is 1. The van der Waals surface area contributed by atoms with Crippen LogP contribution in [0.1, 0.15) is 51.3 Å². The molecular weight excluding hydrogens is 378 g/mol. The molecule has 0 fully saturated rings. The largest absolute Gasteiger partial charge is 0.489 e. The number of aliphatic carboxylic acids is 1. The van der Waals surface area contributed by atoms with Crippen molar-refractivity contribution in [2.24, 2.45) is 5.92 Å². The van der Waals surface area contributed by atoms with Crippen molar-refractivity contribution in [3.8, 4) is 11.5 Å². The topological polar surface area (TPSA) is 59.0 Å². The quantitative estimate of drug-likeness (QED) is 0.623. The Morgan fingerprint density at radius 3 is 2.47 bits per heavy atom. The van der Waals surface area contributed by atoms with Gasteiger partial charge in [0.1, 0.15) is 23.7 Å². The zero-order valence-electron chi connectivity index (χ0n) is 18.7. The van der Waals surface area contributed by atoms with Crippen molar-refractivity contribution < 1.29 is 19.4 Å². The van der Waals surface area contributed by atoms with E-state index in [0.29, 0.717) is 13.0 Å². The van der Waals surface area contributed by atoms with E-state index in [2.05, 4.69) is 44.7 Å². The lowest BCUT2D eigenvalue weighted by Crippen LogP contribution is -2.25. The Hall–Kier alpha value is -2.69. The van der Waals surface area contributed by atoms with E-state index in [1.54, 1.807) is 6.92 Å². The van der Waals surface area contributed by atoms with E-state index in [0.717, 1.165) is 42.1 Å². The first kappa shape index (κ1) is 22.0. The summed E-state index contributed by atoms with van der Waals surface area (Å²) in [6, 6.07) is 12.1. The highest BCUT2D eigenvalue weighted by Gasteiger charge is 2.32. The molecule has 0 amide bonds. The van der Waals surface area contributed by atoms with Gasteiger partial charge in [-0.2, -0.15) is 0 Å². The molecule has 1 unspecified atom stereocenters. The van der Waals surface area contributed by atoms with Gasteiger partial charge in [0.25, 0.3) is 0 Å². The number of hydrogen-bond acceptors (Lipinski definition) is 4. The fraction of sp³-hybridized carbons (Fsp3) is 0.480. The summed E-state index contributed by atoms with van der Waals surface area (Å²) in [4.78, 5) is 13.4. The van der Waals surface area contributed by atoms with Gasteiger partial charge in [-0.25, -0.2) is 0 Å². The number of carbonyl (C=O) groups is 1. The molecular formula is C25H33NO4. The summed E-state index contributed by atoms with van der Waals surface area (Å²) in [6.45, 7) is 12.6. The van der Waals surface area contributed by atoms with Crippen molar-refractivity contribution in [2.75, 3.05) is 18.0 Å². The molecule has 0 spiro atoms. The molecule has 1 aliphatic rings. The summed E-state index contributed by atoms with van der Waals surface area (Å²) in [5, 5.41) is 9.08. The van der Waals surface area contributed by atoms with E-state index >= 15 is 0 Å². The van der Waals surface area contributed by atoms with Crippen LogP contribution in [0.25, 0.3) is 0 Å². The van der Waals surface area contributed by atoms with Crippen molar-refractivity contribution in [1.29, 1.82) is 0 Å². The van der Waals surface area contributed by atoms with Gasteiger partial charge in [0.05, 0.1) is 5.92 Å². The molecule has 5 nitrogen and oxygen atoms in total. The van der Waals surface area contributed by atoms with Crippen molar-refractivity contribution in [3.05, 3.63) is 53.1 Å². The van der Waals surface area contributed by atoms with E-state index in [1.165, 1.54) is 11.3 Å². The number of ether oxygens (including phenoxy) is 2. The predicted molar refractivity (Wildman–Crippen MR) is 120 cm³/mol. The van der Waals surface area contributed by atoms with Crippen LogP contribution in [0.2, 0.25) is 0 Å². The fourth-order valence-electron chi connectivity index (χ4n) is 3.97. The average Bonchev–Trinajstić information content (AvgIpc) is 3.02. The minimum atomic E-state index is -0.778.